The number of carbonyl (C=O) groups is 1. The molecule has 6 nitrogen and oxygen atoms in total. The minimum Gasteiger partial charge on any atom is -0.476 e. The van der Waals surface area contributed by atoms with Crippen LogP contribution in [0.3, 0.4) is 0 Å². The first-order valence-electron chi connectivity index (χ1n) is 3.83. The number of aromatic amines is 1. The van der Waals surface area contributed by atoms with Crippen LogP contribution in [0.4, 0.5) is 0 Å². The van der Waals surface area contributed by atoms with Crippen molar-refractivity contribution in [1.82, 2.24) is 20.4 Å². The summed E-state index contributed by atoms with van der Waals surface area (Å²) in [6.07, 6.45) is 3.24. The highest BCUT2D eigenvalue weighted by atomic mass is 16.4. The molecule has 0 aliphatic carbocycles. The molecule has 0 aliphatic heterocycles. The van der Waals surface area contributed by atoms with Crippen LogP contribution in [0.25, 0.3) is 11.3 Å². The van der Waals surface area contributed by atoms with Crippen LogP contribution >= 0.6 is 0 Å². The fraction of sp³-hybridized carbons (Fsp3) is 0. The van der Waals surface area contributed by atoms with Gasteiger partial charge in [-0.2, -0.15) is 5.10 Å². The van der Waals surface area contributed by atoms with Gasteiger partial charge in [0.05, 0.1) is 11.9 Å². The predicted octanol–water partition coefficient (Wildman–Crippen LogP) is 0.565. The van der Waals surface area contributed by atoms with Crippen molar-refractivity contribution in [3.63, 3.8) is 0 Å². The second kappa shape index (κ2) is 3.25. The first-order valence-corrected chi connectivity index (χ1v) is 3.83. The van der Waals surface area contributed by atoms with E-state index in [1.807, 2.05) is 0 Å². The zero-order chi connectivity index (χ0) is 9.97. The molecule has 0 bridgehead atoms. The average molecular weight is 190 g/mol. The topological polar surface area (TPSA) is 91.8 Å². The van der Waals surface area contributed by atoms with Crippen molar-refractivity contribution in [2.45, 2.75) is 0 Å². The lowest BCUT2D eigenvalue weighted by molar-refractivity contribution is 0.0689. The Morgan fingerprint density at radius 3 is 2.71 bits per heavy atom. The fourth-order valence-electron chi connectivity index (χ4n) is 0.991. The lowest BCUT2D eigenvalue weighted by Crippen LogP contribution is -2.01. The summed E-state index contributed by atoms with van der Waals surface area (Å²) in [6.45, 7) is 0. The van der Waals surface area contributed by atoms with E-state index in [1.54, 1.807) is 18.5 Å². The summed E-state index contributed by atoms with van der Waals surface area (Å²) < 4.78 is 0. The molecule has 70 valence electrons. The van der Waals surface area contributed by atoms with Crippen LogP contribution < -0.4 is 0 Å². The number of hydrogen-bond donors (Lipinski definition) is 2. The zero-order valence-electron chi connectivity index (χ0n) is 7.01. The Morgan fingerprint density at radius 1 is 1.36 bits per heavy atom. The molecule has 0 amide bonds. The molecule has 2 aromatic rings. The van der Waals surface area contributed by atoms with Gasteiger partial charge in [0.15, 0.2) is 5.69 Å². The quantitative estimate of drug-likeness (QED) is 0.722. The summed E-state index contributed by atoms with van der Waals surface area (Å²) in [5, 5.41) is 22.3. The summed E-state index contributed by atoms with van der Waals surface area (Å²) in [7, 11) is 0. The van der Waals surface area contributed by atoms with Gasteiger partial charge in [0, 0.05) is 11.8 Å². The number of carboxylic acid groups (broad SMARTS) is 1. The molecule has 0 fully saturated rings. The predicted molar refractivity (Wildman–Crippen MR) is 46.6 cm³/mol. The third-order valence-corrected chi connectivity index (χ3v) is 1.68. The van der Waals surface area contributed by atoms with Crippen LogP contribution in [-0.2, 0) is 0 Å². The summed E-state index contributed by atoms with van der Waals surface area (Å²) in [4.78, 5) is 10.5. The molecule has 14 heavy (non-hydrogen) atoms. The Morgan fingerprint density at radius 2 is 2.21 bits per heavy atom. The summed E-state index contributed by atoms with van der Waals surface area (Å²) >= 11 is 0. The van der Waals surface area contributed by atoms with E-state index < -0.39 is 5.97 Å². The number of aromatic nitrogens is 4. The number of nitrogens with one attached hydrogen (secondary N) is 1. The van der Waals surface area contributed by atoms with Gasteiger partial charge in [-0.15, -0.1) is 10.2 Å². The van der Waals surface area contributed by atoms with Crippen LogP contribution in [0, 0.1) is 0 Å². The second-order valence-electron chi connectivity index (χ2n) is 2.60. The van der Waals surface area contributed by atoms with Gasteiger partial charge in [-0.3, -0.25) is 5.10 Å². The monoisotopic (exact) mass is 190 g/mol. The van der Waals surface area contributed by atoms with Gasteiger partial charge in [0.25, 0.3) is 0 Å². The number of H-pyrrole nitrogens is 1. The van der Waals surface area contributed by atoms with Crippen molar-refractivity contribution >= 4 is 5.97 Å². The van der Waals surface area contributed by atoms with Crippen molar-refractivity contribution in [2.75, 3.05) is 0 Å². The van der Waals surface area contributed by atoms with E-state index in [4.69, 9.17) is 5.11 Å². The van der Waals surface area contributed by atoms with Crippen LogP contribution in [0.15, 0.2) is 24.5 Å². The molecular weight excluding hydrogens is 184 g/mol. The lowest BCUT2D eigenvalue weighted by Gasteiger charge is -1.94. The molecule has 2 N–H and O–H groups in total. The highest BCUT2D eigenvalue weighted by Crippen LogP contribution is 2.12. The molecule has 0 atom stereocenters. The van der Waals surface area contributed by atoms with Crippen LogP contribution in [0.5, 0.6) is 0 Å². The Balaban J connectivity index is 2.36. The zero-order valence-corrected chi connectivity index (χ0v) is 7.01. The van der Waals surface area contributed by atoms with E-state index in [1.165, 1.54) is 6.07 Å². The van der Waals surface area contributed by atoms with Crippen molar-refractivity contribution in [3.8, 4) is 11.3 Å². The molecule has 0 radical (unpaired) electrons. The molecule has 0 spiro atoms. The van der Waals surface area contributed by atoms with E-state index in [0.717, 1.165) is 5.56 Å². The van der Waals surface area contributed by atoms with E-state index in [9.17, 15) is 4.79 Å². The summed E-state index contributed by atoms with van der Waals surface area (Å²) in [5.74, 6) is -1.09. The number of nitrogens with zero attached hydrogens (tertiary/aromatic N) is 3. The SMILES string of the molecule is O=C(O)c1ccc(-c2cn[nH]c2)nn1. The van der Waals surface area contributed by atoms with Gasteiger partial charge in [0.1, 0.15) is 0 Å². The van der Waals surface area contributed by atoms with E-state index in [2.05, 4.69) is 20.4 Å². The third-order valence-electron chi connectivity index (χ3n) is 1.68. The van der Waals surface area contributed by atoms with Gasteiger partial charge in [0.2, 0.25) is 0 Å². The van der Waals surface area contributed by atoms with E-state index in [0.29, 0.717) is 5.69 Å². The largest absolute Gasteiger partial charge is 0.476 e. The number of aromatic carboxylic acids is 1. The highest BCUT2D eigenvalue weighted by Gasteiger charge is 2.06. The van der Waals surface area contributed by atoms with Gasteiger partial charge >= 0.3 is 5.97 Å². The minimum absolute atomic E-state index is 0.0720. The molecule has 0 aromatic carbocycles. The Kier molecular flexibility index (Phi) is 1.94. The molecule has 0 saturated carbocycles. The van der Waals surface area contributed by atoms with Crippen LogP contribution in [0.2, 0.25) is 0 Å². The number of carboxylic acids is 1. The van der Waals surface area contributed by atoms with Crippen LogP contribution in [-0.4, -0.2) is 31.5 Å². The number of hydrogen-bond acceptors (Lipinski definition) is 4. The maximum atomic E-state index is 10.5. The minimum atomic E-state index is -1.09. The van der Waals surface area contributed by atoms with Gasteiger partial charge < -0.3 is 5.11 Å². The molecule has 2 heterocycles. The van der Waals surface area contributed by atoms with Crippen LogP contribution in [0.1, 0.15) is 10.5 Å². The van der Waals surface area contributed by atoms with Gasteiger partial charge in [-0.1, -0.05) is 0 Å². The molecule has 2 aromatic heterocycles. The third kappa shape index (κ3) is 1.45. The Bertz CT molecular complexity index is 435. The smallest absolute Gasteiger partial charge is 0.356 e. The van der Waals surface area contributed by atoms with Gasteiger partial charge in [-0.05, 0) is 12.1 Å². The molecule has 0 saturated heterocycles. The molecule has 0 aliphatic rings. The first-order chi connectivity index (χ1) is 6.77. The fourth-order valence-corrected chi connectivity index (χ4v) is 0.991. The maximum absolute atomic E-state index is 10.5. The Hall–Kier alpha value is -2.24. The molecule has 6 heteroatoms. The highest BCUT2D eigenvalue weighted by molar-refractivity contribution is 5.85. The lowest BCUT2D eigenvalue weighted by atomic mass is 10.2. The molecule has 2 rings (SSSR count). The second-order valence-corrected chi connectivity index (χ2v) is 2.60. The van der Waals surface area contributed by atoms with Gasteiger partial charge in [-0.25, -0.2) is 4.79 Å². The standard InChI is InChI=1S/C8H6N4O2/c13-8(14)7-2-1-6(11-12-7)5-3-9-10-4-5/h1-4H,(H,9,10)(H,13,14). The van der Waals surface area contributed by atoms with E-state index >= 15 is 0 Å². The number of rotatable bonds is 2. The summed E-state index contributed by atoms with van der Waals surface area (Å²) in [5.41, 5.74) is 1.29. The Labute approximate surface area is 78.6 Å². The summed E-state index contributed by atoms with van der Waals surface area (Å²) in [6, 6.07) is 2.99. The van der Waals surface area contributed by atoms with Crippen molar-refractivity contribution in [3.05, 3.63) is 30.2 Å². The normalized spacial score (nSPS) is 10.0. The van der Waals surface area contributed by atoms with Crippen molar-refractivity contribution < 1.29 is 9.90 Å². The van der Waals surface area contributed by atoms with Crippen molar-refractivity contribution in [2.24, 2.45) is 0 Å². The molecule has 0 unspecified atom stereocenters. The maximum Gasteiger partial charge on any atom is 0.356 e. The van der Waals surface area contributed by atoms with Crippen molar-refractivity contribution in [1.29, 1.82) is 0 Å². The average Bonchev–Trinajstić information content (AvgIpc) is 2.71. The molecular formula is C8H6N4O2. The van der Waals surface area contributed by atoms with E-state index in [-0.39, 0.29) is 5.69 Å². The first kappa shape index (κ1) is 8.36.